The highest BCUT2D eigenvalue weighted by Crippen LogP contribution is 2.56. The van der Waals surface area contributed by atoms with E-state index < -0.39 is 12.1 Å². The lowest BCUT2D eigenvalue weighted by Gasteiger charge is -2.30. The second-order valence-electron chi connectivity index (χ2n) is 13.0. The third kappa shape index (κ3) is 6.00. The molecule has 7 nitrogen and oxygen atoms in total. The Labute approximate surface area is 269 Å². The van der Waals surface area contributed by atoms with Crippen LogP contribution in [0.3, 0.4) is 0 Å². The smallest absolute Gasteiger partial charge is 0.410 e. The molecule has 2 aliphatic heterocycles. The number of thioether (sulfide) groups is 1. The predicted octanol–water partition coefficient (Wildman–Crippen LogP) is 8.18. The van der Waals surface area contributed by atoms with E-state index in [0.29, 0.717) is 17.0 Å². The van der Waals surface area contributed by atoms with E-state index in [1.54, 1.807) is 24.3 Å². The van der Waals surface area contributed by atoms with Gasteiger partial charge in [0, 0.05) is 16.2 Å². The fraction of sp³-hybridized carbons (Fsp3) is 0.378. The van der Waals surface area contributed by atoms with Gasteiger partial charge in [-0.15, -0.1) is 11.8 Å². The van der Waals surface area contributed by atoms with Crippen molar-refractivity contribution in [3.63, 3.8) is 0 Å². The lowest BCUT2D eigenvalue weighted by atomic mass is 9.94. The number of hydrogen-bond acceptors (Lipinski definition) is 5. The minimum Gasteiger partial charge on any atom is -0.410 e. The van der Waals surface area contributed by atoms with Crippen LogP contribution in [0.15, 0.2) is 83.9 Å². The first-order valence-electron chi connectivity index (χ1n) is 16.2. The molecule has 1 saturated heterocycles. The number of aromatic amines is 1. The Balaban J connectivity index is 1.05. The van der Waals surface area contributed by atoms with Crippen LogP contribution in [0.5, 0.6) is 5.75 Å². The SMILES string of the molecule is CC(C)[C@H](NC(=O)Oc1ccccc1)C(=O)N1CCCC1c1ncc(-c2ccc(-c3cccc4c3SC3(CCCC3)C4)cc2)[nH]1. The van der Waals surface area contributed by atoms with Crippen molar-refractivity contribution in [3.8, 4) is 28.1 Å². The molecule has 0 bridgehead atoms. The lowest BCUT2D eigenvalue weighted by Crippen LogP contribution is -2.51. The average Bonchev–Trinajstić information content (AvgIpc) is 3.87. The van der Waals surface area contributed by atoms with Crippen LogP contribution < -0.4 is 10.1 Å². The van der Waals surface area contributed by atoms with Crippen molar-refractivity contribution < 1.29 is 14.3 Å². The molecule has 1 spiro atoms. The van der Waals surface area contributed by atoms with Gasteiger partial charge in [-0.25, -0.2) is 9.78 Å². The van der Waals surface area contributed by atoms with Gasteiger partial charge >= 0.3 is 6.09 Å². The molecule has 1 saturated carbocycles. The molecule has 2 fully saturated rings. The first kappa shape index (κ1) is 29.7. The van der Waals surface area contributed by atoms with Crippen LogP contribution in [0, 0.1) is 5.92 Å². The number of likely N-dealkylation sites (tertiary alicyclic amines) is 1. The molecule has 232 valence electrons. The summed E-state index contributed by atoms with van der Waals surface area (Å²) in [5.74, 6) is 0.978. The Morgan fingerprint density at radius 2 is 1.73 bits per heavy atom. The number of imidazole rings is 1. The number of rotatable bonds is 7. The van der Waals surface area contributed by atoms with Gasteiger partial charge in [-0.1, -0.05) is 87.4 Å². The number of fused-ring (bicyclic) bond motifs is 1. The highest BCUT2D eigenvalue weighted by molar-refractivity contribution is 8.01. The normalized spacial score (nSPS) is 19.2. The summed E-state index contributed by atoms with van der Waals surface area (Å²) in [5.41, 5.74) is 6.06. The zero-order valence-corrected chi connectivity index (χ0v) is 26.7. The maximum absolute atomic E-state index is 13.8. The van der Waals surface area contributed by atoms with Gasteiger partial charge in [-0.2, -0.15) is 0 Å². The quantitative estimate of drug-likeness (QED) is 0.218. The van der Waals surface area contributed by atoms with Crippen molar-refractivity contribution in [1.82, 2.24) is 20.2 Å². The van der Waals surface area contributed by atoms with E-state index in [2.05, 4.69) is 64.5 Å². The Hall–Kier alpha value is -4.04. The molecule has 3 heterocycles. The van der Waals surface area contributed by atoms with Gasteiger partial charge in [-0.05, 0) is 72.4 Å². The topological polar surface area (TPSA) is 87.3 Å². The number of benzene rings is 3. The van der Waals surface area contributed by atoms with Crippen LogP contribution >= 0.6 is 11.8 Å². The van der Waals surface area contributed by atoms with Crippen molar-refractivity contribution in [2.45, 2.75) is 80.5 Å². The van der Waals surface area contributed by atoms with E-state index in [0.717, 1.165) is 29.9 Å². The number of carbonyl (C=O) groups excluding carboxylic acids is 2. The first-order chi connectivity index (χ1) is 21.9. The molecular formula is C37H40N4O3S. The number of para-hydroxylation sites is 1. The van der Waals surface area contributed by atoms with Crippen LogP contribution in [0.25, 0.3) is 22.4 Å². The second kappa shape index (κ2) is 12.4. The molecule has 8 heteroatoms. The number of nitrogens with zero attached hydrogens (tertiary/aromatic N) is 2. The first-order valence-corrected chi connectivity index (χ1v) is 17.0. The van der Waals surface area contributed by atoms with E-state index in [4.69, 9.17) is 9.72 Å². The number of H-pyrrole nitrogens is 1. The number of amides is 2. The van der Waals surface area contributed by atoms with Gasteiger partial charge in [-0.3, -0.25) is 4.79 Å². The largest absolute Gasteiger partial charge is 0.413 e. The number of hydrogen-bond donors (Lipinski definition) is 2. The number of carbonyl (C=O) groups is 2. The fourth-order valence-electron chi connectivity index (χ4n) is 7.21. The van der Waals surface area contributed by atoms with Gasteiger partial charge in [0.1, 0.15) is 17.6 Å². The van der Waals surface area contributed by atoms with E-state index in [1.807, 2.05) is 31.0 Å². The van der Waals surface area contributed by atoms with Gasteiger partial charge in [0.05, 0.1) is 17.9 Å². The van der Waals surface area contributed by atoms with Crippen LogP contribution in [-0.4, -0.2) is 44.2 Å². The van der Waals surface area contributed by atoms with E-state index in [1.165, 1.54) is 53.7 Å². The molecule has 4 aromatic rings. The van der Waals surface area contributed by atoms with E-state index in [-0.39, 0.29) is 17.9 Å². The molecule has 1 aromatic heterocycles. The molecule has 2 N–H and O–H groups in total. The van der Waals surface area contributed by atoms with E-state index in [9.17, 15) is 9.59 Å². The highest BCUT2D eigenvalue weighted by Gasteiger charge is 2.41. The summed E-state index contributed by atoms with van der Waals surface area (Å²) in [6.45, 7) is 4.48. The monoisotopic (exact) mass is 620 g/mol. The maximum Gasteiger partial charge on any atom is 0.413 e. The van der Waals surface area contributed by atoms with Gasteiger partial charge in [0.25, 0.3) is 0 Å². The van der Waals surface area contributed by atoms with Gasteiger partial charge in [0.2, 0.25) is 5.91 Å². The lowest BCUT2D eigenvalue weighted by molar-refractivity contribution is -0.135. The minimum absolute atomic E-state index is 0.110. The van der Waals surface area contributed by atoms with Crippen LogP contribution in [0.2, 0.25) is 0 Å². The molecule has 7 rings (SSSR count). The number of aromatic nitrogens is 2. The molecule has 3 aliphatic rings. The summed E-state index contributed by atoms with van der Waals surface area (Å²) in [5, 5.41) is 2.81. The van der Waals surface area contributed by atoms with Crippen LogP contribution in [0.1, 0.15) is 69.8 Å². The van der Waals surface area contributed by atoms with Gasteiger partial charge in [0.15, 0.2) is 0 Å². The van der Waals surface area contributed by atoms with Crippen LogP contribution in [0.4, 0.5) is 4.79 Å². The van der Waals surface area contributed by atoms with E-state index >= 15 is 0 Å². The highest BCUT2D eigenvalue weighted by atomic mass is 32.2. The Morgan fingerprint density at radius 3 is 2.49 bits per heavy atom. The summed E-state index contributed by atoms with van der Waals surface area (Å²) >= 11 is 2.12. The fourth-order valence-corrected chi connectivity index (χ4v) is 8.93. The van der Waals surface area contributed by atoms with Gasteiger partial charge < -0.3 is 19.9 Å². The van der Waals surface area contributed by atoms with Crippen molar-refractivity contribution in [3.05, 3.63) is 90.4 Å². The Bertz CT molecular complexity index is 1680. The minimum atomic E-state index is -0.704. The molecule has 0 radical (unpaired) electrons. The molecular weight excluding hydrogens is 580 g/mol. The van der Waals surface area contributed by atoms with Crippen molar-refractivity contribution in [2.75, 3.05) is 6.54 Å². The standard InChI is InChI=1S/C37H40N4O3S/c1-24(2)32(40-36(43)44-28-11-4-3-5-12-28)35(42)41-21-9-14-31(41)34-38-23-30(39-34)26-17-15-25(16-18-26)29-13-8-10-27-22-37(45-33(27)29)19-6-7-20-37/h3-5,8,10-13,15-18,23-24,31-32H,6-7,9,14,19-22H2,1-2H3,(H,38,39)(H,40,43)/t31?,32-/m0/s1. The van der Waals surface area contributed by atoms with Crippen LogP contribution in [-0.2, 0) is 11.2 Å². The molecule has 1 aliphatic carbocycles. The molecule has 1 unspecified atom stereocenters. The predicted molar refractivity (Wildman–Crippen MR) is 178 cm³/mol. The summed E-state index contributed by atoms with van der Waals surface area (Å²) in [6.07, 6.45) is 9.47. The molecule has 2 amide bonds. The summed E-state index contributed by atoms with van der Waals surface area (Å²) in [6, 6.07) is 23.5. The third-order valence-electron chi connectivity index (χ3n) is 9.56. The maximum atomic E-state index is 13.8. The third-order valence-corrected chi connectivity index (χ3v) is 11.2. The molecule has 45 heavy (non-hydrogen) atoms. The second-order valence-corrected chi connectivity index (χ2v) is 14.5. The number of nitrogens with one attached hydrogen (secondary N) is 2. The van der Waals surface area contributed by atoms with Crippen molar-refractivity contribution >= 4 is 23.8 Å². The number of ether oxygens (including phenoxy) is 1. The molecule has 2 atom stereocenters. The zero-order valence-electron chi connectivity index (χ0n) is 25.9. The summed E-state index contributed by atoms with van der Waals surface area (Å²) in [7, 11) is 0. The zero-order chi connectivity index (χ0) is 31.0. The summed E-state index contributed by atoms with van der Waals surface area (Å²) in [4.78, 5) is 38.0. The Kier molecular flexibility index (Phi) is 8.17. The Morgan fingerprint density at radius 1 is 0.978 bits per heavy atom. The average molecular weight is 621 g/mol. The summed E-state index contributed by atoms with van der Waals surface area (Å²) < 4.78 is 5.82. The molecule has 3 aromatic carbocycles. The van der Waals surface area contributed by atoms with Crippen molar-refractivity contribution in [2.24, 2.45) is 5.92 Å². The van der Waals surface area contributed by atoms with Crippen molar-refractivity contribution in [1.29, 1.82) is 0 Å².